The number of hydrogen-bond acceptors (Lipinski definition) is 4. The molecule has 0 aromatic carbocycles. The molecule has 4 nitrogen and oxygen atoms in total. The SMILES string of the molecule is C=C(CCCCCCCC(CC)C(=O)OC1CC(C)(C)CC(C)(C)C1)OC1CC(C)(C)NC(C)(C)C1. The molecule has 0 spiro atoms. The Balaban J connectivity index is 1.60. The lowest BCUT2D eigenvalue weighted by Crippen LogP contribution is -2.59. The second kappa shape index (κ2) is 12.7. The van der Waals surface area contributed by atoms with Crippen molar-refractivity contribution in [3.05, 3.63) is 12.3 Å². The highest BCUT2D eigenvalue weighted by Gasteiger charge is 2.41. The van der Waals surface area contributed by atoms with Crippen molar-refractivity contribution in [2.45, 2.75) is 169 Å². The van der Waals surface area contributed by atoms with Crippen molar-refractivity contribution >= 4 is 5.97 Å². The van der Waals surface area contributed by atoms with Crippen LogP contribution in [0.1, 0.15) is 146 Å². The van der Waals surface area contributed by atoms with Gasteiger partial charge in [0.2, 0.25) is 0 Å². The molecule has 210 valence electrons. The Labute approximate surface area is 223 Å². The second-order valence-corrected chi connectivity index (χ2v) is 15.0. The molecular weight excluding hydrogens is 446 g/mol. The van der Waals surface area contributed by atoms with E-state index in [1.165, 1.54) is 25.7 Å². The maximum absolute atomic E-state index is 12.9. The predicted molar refractivity (Wildman–Crippen MR) is 152 cm³/mol. The van der Waals surface area contributed by atoms with Crippen molar-refractivity contribution in [1.82, 2.24) is 5.32 Å². The highest BCUT2D eigenvalue weighted by molar-refractivity contribution is 5.72. The molecule has 1 saturated heterocycles. The molecule has 2 rings (SSSR count). The van der Waals surface area contributed by atoms with Gasteiger partial charge in [0, 0.05) is 30.3 Å². The van der Waals surface area contributed by atoms with E-state index in [4.69, 9.17) is 9.47 Å². The summed E-state index contributed by atoms with van der Waals surface area (Å²) in [5, 5.41) is 3.71. The average Bonchev–Trinajstić information content (AvgIpc) is 2.64. The summed E-state index contributed by atoms with van der Waals surface area (Å²) in [6.45, 7) is 24.6. The molecule has 1 heterocycles. The summed E-state index contributed by atoms with van der Waals surface area (Å²) in [7, 11) is 0. The Hall–Kier alpha value is -1.03. The number of rotatable bonds is 13. The van der Waals surface area contributed by atoms with Gasteiger partial charge in [-0.15, -0.1) is 0 Å². The van der Waals surface area contributed by atoms with Gasteiger partial charge >= 0.3 is 5.97 Å². The smallest absolute Gasteiger partial charge is 0.309 e. The predicted octanol–water partition coefficient (Wildman–Crippen LogP) is 8.73. The summed E-state index contributed by atoms with van der Waals surface area (Å²) in [4.78, 5) is 12.9. The summed E-state index contributed by atoms with van der Waals surface area (Å²) in [6, 6.07) is 0. The minimum absolute atomic E-state index is 0.0358. The fourth-order valence-electron chi connectivity index (χ4n) is 7.43. The largest absolute Gasteiger partial charge is 0.495 e. The van der Waals surface area contributed by atoms with E-state index in [1.54, 1.807) is 0 Å². The molecule has 0 radical (unpaired) electrons. The molecule has 0 aromatic heterocycles. The van der Waals surface area contributed by atoms with Gasteiger partial charge < -0.3 is 14.8 Å². The van der Waals surface area contributed by atoms with E-state index in [2.05, 4.69) is 74.2 Å². The van der Waals surface area contributed by atoms with Crippen LogP contribution in [-0.4, -0.2) is 29.3 Å². The highest BCUT2D eigenvalue weighted by atomic mass is 16.5. The van der Waals surface area contributed by atoms with Crippen LogP contribution in [-0.2, 0) is 14.3 Å². The lowest BCUT2D eigenvalue weighted by atomic mass is 9.64. The zero-order valence-electron chi connectivity index (χ0n) is 25.4. The number of nitrogens with one attached hydrogen (secondary N) is 1. The van der Waals surface area contributed by atoms with Crippen LogP contribution < -0.4 is 5.32 Å². The minimum atomic E-state index is 0.0358. The first kappa shape index (κ1) is 31.2. The van der Waals surface area contributed by atoms with Crippen LogP contribution in [0.3, 0.4) is 0 Å². The molecule has 4 heteroatoms. The van der Waals surface area contributed by atoms with Crippen LogP contribution in [0.2, 0.25) is 0 Å². The third kappa shape index (κ3) is 11.2. The topological polar surface area (TPSA) is 47.6 Å². The van der Waals surface area contributed by atoms with Gasteiger partial charge in [0.15, 0.2) is 0 Å². The van der Waals surface area contributed by atoms with E-state index in [-0.39, 0.29) is 46.0 Å². The molecule has 36 heavy (non-hydrogen) atoms. The van der Waals surface area contributed by atoms with Crippen molar-refractivity contribution in [3.63, 3.8) is 0 Å². The zero-order valence-corrected chi connectivity index (χ0v) is 25.4. The van der Waals surface area contributed by atoms with E-state index in [0.717, 1.165) is 63.5 Å². The number of hydrogen-bond donors (Lipinski definition) is 1. The Morgan fingerprint density at radius 1 is 0.806 bits per heavy atom. The van der Waals surface area contributed by atoms with Gasteiger partial charge in [0.25, 0.3) is 0 Å². The fourth-order valence-corrected chi connectivity index (χ4v) is 7.43. The van der Waals surface area contributed by atoms with Crippen LogP contribution in [0.25, 0.3) is 0 Å². The van der Waals surface area contributed by atoms with E-state index in [1.807, 2.05) is 0 Å². The minimum Gasteiger partial charge on any atom is -0.495 e. The highest BCUT2D eigenvalue weighted by Crippen LogP contribution is 2.46. The third-order valence-electron chi connectivity index (χ3n) is 8.12. The van der Waals surface area contributed by atoms with Crippen molar-refractivity contribution in [1.29, 1.82) is 0 Å². The first-order chi connectivity index (χ1) is 16.5. The normalized spacial score (nSPS) is 24.1. The summed E-state index contributed by atoms with van der Waals surface area (Å²) < 4.78 is 12.3. The first-order valence-electron chi connectivity index (χ1n) is 14.9. The number of carbonyl (C=O) groups excluding carboxylic acids is 1. The van der Waals surface area contributed by atoms with Crippen molar-refractivity contribution < 1.29 is 14.3 Å². The molecule has 1 unspecified atom stereocenters. The van der Waals surface area contributed by atoms with Gasteiger partial charge in [-0.25, -0.2) is 0 Å². The Bertz CT molecular complexity index is 689. The summed E-state index contributed by atoms with van der Waals surface area (Å²) in [6.07, 6.45) is 14.1. The van der Waals surface area contributed by atoms with E-state index in [9.17, 15) is 4.79 Å². The Kier molecular flexibility index (Phi) is 11.0. The van der Waals surface area contributed by atoms with Gasteiger partial charge in [-0.1, -0.05) is 66.9 Å². The average molecular weight is 506 g/mol. The number of allylic oxidation sites excluding steroid dienone is 1. The molecule has 2 aliphatic rings. The van der Waals surface area contributed by atoms with Crippen molar-refractivity contribution in [2.24, 2.45) is 16.7 Å². The van der Waals surface area contributed by atoms with Gasteiger partial charge in [0.1, 0.15) is 12.2 Å². The number of piperidine rings is 1. The Morgan fingerprint density at radius 3 is 1.86 bits per heavy atom. The van der Waals surface area contributed by atoms with Crippen LogP contribution in [0.5, 0.6) is 0 Å². The molecule has 0 aromatic rings. The molecule has 1 saturated carbocycles. The second-order valence-electron chi connectivity index (χ2n) is 15.0. The number of ether oxygens (including phenoxy) is 2. The molecule has 0 bridgehead atoms. The standard InChI is InChI=1S/C32H59NO3/c1-11-25(28(34)36-26-19-29(3,4)23-30(5,6)20-26)18-16-14-12-13-15-17-24(2)35-27-21-31(7,8)33-32(9,10)22-27/h25-27,33H,2,11-23H2,1,3-10H3. The van der Waals surface area contributed by atoms with Crippen LogP contribution in [0.4, 0.5) is 0 Å². The molecule has 1 aliphatic carbocycles. The lowest BCUT2D eigenvalue weighted by Gasteiger charge is -2.46. The van der Waals surface area contributed by atoms with Crippen molar-refractivity contribution in [2.75, 3.05) is 0 Å². The molecule has 1 N–H and O–H groups in total. The van der Waals surface area contributed by atoms with Crippen molar-refractivity contribution in [3.8, 4) is 0 Å². The van der Waals surface area contributed by atoms with E-state index in [0.29, 0.717) is 0 Å². The zero-order chi connectivity index (χ0) is 27.2. The monoisotopic (exact) mass is 505 g/mol. The number of esters is 1. The van der Waals surface area contributed by atoms with E-state index < -0.39 is 0 Å². The Morgan fingerprint density at radius 2 is 1.31 bits per heavy atom. The van der Waals surface area contributed by atoms with Crippen LogP contribution in [0, 0.1) is 16.7 Å². The lowest BCUT2D eigenvalue weighted by molar-refractivity contribution is -0.160. The first-order valence-corrected chi connectivity index (χ1v) is 14.9. The molecule has 2 fully saturated rings. The number of unbranched alkanes of at least 4 members (excludes halogenated alkanes) is 4. The van der Waals surface area contributed by atoms with Gasteiger partial charge in [-0.05, 0) is 77.0 Å². The van der Waals surface area contributed by atoms with Gasteiger partial charge in [-0.2, -0.15) is 0 Å². The summed E-state index contributed by atoms with van der Waals surface area (Å²) in [5.41, 5.74) is 0.676. The maximum atomic E-state index is 12.9. The molecule has 0 amide bonds. The quantitative estimate of drug-likeness (QED) is 0.154. The van der Waals surface area contributed by atoms with E-state index >= 15 is 0 Å². The molecular formula is C32H59NO3. The molecule has 1 atom stereocenters. The maximum Gasteiger partial charge on any atom is 0.309 e. The summed E-state index contributed by atoms with van der Waals surface area (Å²) in [5.74, 6) is 1.02. The van der Waals surface area contributed by atoms with Gasteiger partial charge in [-0.3, -0.25) is 4.79 Å². The summed E-state index contributed by atoms with van der Waals surface area (Å²) >= 11 is 0. The van der Waals surface area contributed by atoms with Crippen LogP contribution in [0.15, 0.2) is 12.3 Å². The molecule has 1 aliphatic heterocycles. The number of carbonyl (C=O) groups is 1. The third-order valence-corrected chi connectivity index (χ3v) is 8.12. The van der Waals surface area contributed by atoms with Crippen LogP contribution >= 0.6 is 0 Å². The van der Waals surface area contributed by atoms with Gasteiger partial charge in [0.05, 0.1) is 11.7 Å². The fraction of sp³-hybridized carbons (Fsp3) is 0.906.